The van der Waals surface area contributed by atoms with Gasteiger partial charge in [-0.2, -0.15) is 0 Å². The van der Waals surface area contributed by atoms with Crippen LogP contribution in [0.4, 0.5) is 0 Å². The van der Waals surface area contributed by atoms with Crippen molar-refractivity contribution in [3.05, 3.63) is 68.7 Å². The van der Waals surface area contributed by atoms with Crippen LogP contribution >= 0.6 is 11.3 Å². The fourth-order valence-corrected chi connectivity index (χ4v) is 8.40. The third kappa shape index (κ3) is 5.02. The summed E-state index contributed by atoms with van der Waals surface area (Å²) < 4.78 is 20.5. The van der Waals surface area contributed by atoms with Gasteiger partial charge in [0.2, 0.25) is 5.89 Å². The highest BCUT2D eigenvalue weighted by Crippen LogP contribution is 2.49. The van der Waals surface area contributed by atoms with Gasteiger partial charge in [-0.15, -0.1) is 11.3 Å². The van der Waals surface area contributed by atoms with Gasteiger partial charge in [0.1, 0.15) is 28.5 Å². The van der Waals surface area contributed by atoms with Crippen LogP contribution in [0.5, 0.6) is 5.75 Å². The van der Waals surface area contributed by atoms with Crippen molar-refractivity contribution in [2.45, 2.75) is 77.7 Å². The number of methoxy groups -OCH3 is 1. The van der Waals surface area contributed by atoms with Crippen LogP contribution in [-0.4, -0.2) is 38.4 Å². The number of oxazole rings is 1. The molecular formula is C32H37N3O7S. The first-order valence-corrected chi connectivity index (χ1v) is 15.5. The van der Waals surface area contributed by atoms with Crippen molar-refractivity contribution < 1.29 is 23.8 Å². The van der Waals surface area contributed by atoms with E-state index in [2.05, 4.69) is 11.9 Å². The maximum Gasteiger partial charge on any atom is 0.333 e. The zero-order valence-electron chi connectivity index (χ0n) is 25.0. The van der Waals surface area contributed by atoms with Gasteiger partial charge in [0, 0.05) is 5.56 Å². The van der Waals surface area contributed by atoms with Gasteiger partial charge in [0.25, 0.3) is 5.56 Å². The number of nitrogens with zero attached hydrogens (tertiary/aromatic N) is 3. The topological polar surface area (TPSA) is 126 Å². The number of aromatic nitrogens is 3. The average Bonchev–Trinajstić information content (AvgIpc) is 3.74. The Hall–Kier alpha value is -3.70. The Labute approximate surface area is 252 Å². The summed E-state index contributed by atoms with van der Waals surface area (Å²) in [6.45, 7) is 6.85. The number of hydrogen-bond donors (Lipinski definition) is 1. The van der Waals surface area contributed by atoms with Gasteiger partial charge in [-0.25, -0.2) is 19.1 Å². The molecule has 0 amide bonds. The van der Waals surface area contributed by atoms with Gasteiger partial charge in [-0.05, 0) is 75.8 Å². The highest BCUT2D eigenvalue weighted by atomic mass is 32.1. The molecule has 11 heteroatoms. The van der Waals surface area contributed by atoms with Gasteiger partial charge in [-0.1, -0.05) is 25.1 Å². The Balaban J connectivity index is 1.52. The number of rotatable bonds is 9. The molecule has 0 aliphatic heterocycles. The first kappa shape index (κ1) is 29.4. The number of para-hydroxylation sites is 1. The molecule has 3 heterocycles. The lowest BCUT2D eigenvalue weighted by atomic mass is 10.0. The molecule has 0 bridgehead atoms. The molecule has 3 unspecified atom stereocenters. The van der Waals surface area contributed by atoms with Crippen LogP contribution in [0, 0.1) is 24.7 Å². The van der Waals surface area contributed by atoms with Crippen LogP contribution in [0.3, 0.4) is 0 Å². The second kappa shape index (κ2) is 11.1. The Bertz CT molecular complexity index is 1770. The Morgan fingerprint density at radius 2 is 1.88 bits per heavy atom. The first-order chi connectivity index (χ1) is 20.5. The second-order valence-electron chi connectivity index (χ2n) is 12.5. The molecule has 1 aromatic carbocycles. The zero-order chi connectivity index (χ0) is 30.6. The molecular weight excluding hydrogens is 570 g/mol. The lowest BCUT2D eigenvalue weighted by molar-refractivity contribution is -0.146. The van der Waals surface area contributed by atoms with Crippen LogP contribution in [0.1, 0.15) is 63.7 Å². The van der Waals surface area contributed by atoms with Crippen LogP contribution in [-0.2, 0) is 21.6 Å². The minimum Gasteiger partial charge on any atom is -0.496 e. The first-order valence-electron chi connectivity index (χ1n) is 14.7. The molecule has 1 N–H and O–H groups in total. The molecule has 2 aliphatic rings. The highest BCUT2D eigenvalue weighted by molar-refractivity contribution is 7.22. The summed E-state index contributed by atoms with van der Waals surface area (Å²) in [5.41, 5.74) is -1.83. The van der Waals surface area contributed by atoms with E-state index in [9.17, 15) is 19.5 Å². The fraction of sp³-hybridized carbons (Fsp3) is 0.500. The number of benzene rings is 1. The van der Waals surface area contributed by atoms with Gasteiger partial charge < -0.3 is 19.0 Å². The molecule has 3 aromatic heterocycles. The molecule has 2 saturated carbocycles. The van der Waals surface area contributed by atoms with Crippen LogP contribution in [0.2, 0.25) is 0 Å². The van der Waals surface area contributed by atoms with Crippen molar-refractivity contribution in [3.63, 3.8) is 0 Å². The van der Waals surface area contributed by atoms with E-state index in [1.54, 1.807) is 14.0 Å². The Kier molecular flexibility index (Phi) is 7.58. The molecule has 6 rings (SSSR count). The number of ether oxygens (including phenoxy) is 2. The third-order valence-electron chi connectivity index (χ3n) is 9.32. The molecule has 10 nitrogen and oxygen atoms in total. The smallest absolute Gasteiger partial charge is 0.333 e. The molecule has 228 valence electrons. The van der Waals surface area contributed by atoms with Crippen LogP contribution in [0.25, 0.3) is 21.0 Å². The number of aliphatic carboxylic acids is 1. The van der Waals surface area contributed by atoms with Crippen molar-refractivity contribution >= 4 is 27.5 Å². The van der Waals surface area contributed by atoms with Crippen molar-refractivity contribution in [1.29, 1.82) is 0 Å². The van der Waals surface area contributed by atoms with Crippen molar-refractivity contribution in [3.8, 4) is 16.5 Å². The predicted molar refractivity (Wildman–Crippen MR) is 163 cm³/mol. The van der Waals surface area contributed by atoms with E-state index in [1.807, 2.05) is 24.3 Å². The van der Waals surface area contributed by atoms with Crippen molar-refractivity contribution in [2.75, 3.05) is 7.11 Å². The summed E-state index contributed by atoms with van der Waals surface area (Å²) in [4.78, 5) is 45.8. The Morgan fingerprint density at radius 1 is 1.19 bits per heavy atom. The minimum absolute atomic E-state index is 0.0120. The normalized spacial score (nSPS) is 22.6. The van der Waals surface area contributed by atoms with Gasteiger partial charge >= 0.3 is 11.7 Å². The van der Waals surface area contributed by atoms with Crippen LogP contribution in [0.15, 0.2) is 50.7 Å². The van der Waals surface area contributed by atoms with E-state index in [4.69, 9.17) is 13.9 Å². The summed E-state index contributed by atoms with van der Waals surface area (Å²) in [5.74, 6) is 1.66. The van der Waals surface area contributed by atoms with Crippen molar-refractivity contribution in [2.24, 2.45) is 17.8 Å². The standard InChI is InChI=1S/C32H37N3O7S/c1-17-12-19-14-21(15-20(19)13-17)42-24(22-8-6-7-9-23(22)40-5)16-34-29-25(18(2)26(43-29)27-33-10-11-41-27)28(36)35(31(34)39)32(3,4)30(37)38/h6-11,17,19-21,24H,12-16H2,1-5H3,(H,37,38). The molecule has 4 aromatic rings. The molecule has 0 saturated heterocycles. The van der Waals surface area contributed by atoms with Gasteiger partial charge in [0.15, 0.2) is 0 Å². The van der Waals surface area contributed by atoms with E-state index in [0.717, 1.165) is 28.9 Å². The molecule has 0 spiro atoms. The summed E-state index contributed by atoms with van der Waals surface area (Å²) in [6, 6.07) is 7.58. The lowest BCUT2D eigenvalue weighted by Crippen LogP contribution is -2.52. The number of carboxylic acids is 1. The van der Waals surface area contributed by atoms with E-state index in [-0.39, 0.29) is 18.0 Å². The number of carbonyl (C=O) groups is 1. The molecule has 0 radical (unpaired) electrons. The number of thiophene rings is 1. The van der Waals surface area contributed by atoms with Crippen LogP contribution < -0.4 is 16.0 Å². The summed E-state index contributed by atoms with van der Waals surface area (Å²) in [6.07, 6.45) is 6.71. The molecule has 3 atom stereocenters. The molecule has 2 fully saturated rings. The second-order valence-corrected chi connectivity index (χ2v) is 13.5. The number of fused-ring (bicyclic) bond motifs is 2. The maximum atomic E-state index is 14.3. The van der Waals surface area contributed by atoms with E-state index >= 15 is 0 Å². The SMILES string of the molecule is COc1ccccc1C(Cn1c(=O)n(C(C)(C)C(=O)O)c(=O)c2c(C)c(-c3ncco3)sc21)OC1CC2CC(C)CC2C1. The summed E-state index contributed by atoms with van der Waals surface area (Å²) in [7, 11) is 1.60. The highest BCUT2D eigenvalue weighted by Gasteiger charge is 2.42. The van der Waals surface area contributed by atoms with E-state index < -0.39 is 28.9 Å². The Morgan fingerprint density at radius 3 is 2.51 bits per heavy atom. The number of aryl methyl sites for hydroxylation is 1. The quantitative estimate of drug-likeness (QED) is 0.261. The average molecular weight is 608 g/mol. The third-order valence-corrected chi connectivity index (χ3v) is 10.6. The summed E-state index contributed by atoms with van der Waals surface area (Å²) in [5, 5.41) is 10.3. The largest absolute Gasteiger partial charge is 0.496 e. The minimum atomic E-state index is -1.80. The predicted octanol–water partition coefficient (Wildman–Crippen LogP) is 5.60. The van der Waals surface area contributed by atoms with E-state index in [0.29, 0.717) is 38.7 Å². The van der Waals surface area contributed by atoms with E-state index in [1.165, 1.54) is 55.1 Å². The summed E-state index contributed by atoms with van der Waals surface area (Å²) >= 11 is 1.23. The van der Waals surface area contributed by atoms with Gasteiger partial charge in [0.05, 0.1) is 36.2 Å². The number of carboxylic acid groups (broad SMARTS) is 1. The lowest BCUT2D eigenvalue weighted by Gasteiger charge is -2.27. The van der Waals surface area contributed by atoms with Crippen molar-refractivity contribution in [1.82, 2.24) is 14.1 Å². The number of hydrogen-bond acceptors (Lipinski definition) is 8. The molecule has 43 heavy (non-hydrogen) atoms. The van der Waals surface area contributed by atoms with Gasteiger partial charge in [-0.3, -0.25) is 9.36 Å². The molecule has 2 aliphatic carbocycles. The monoisotopic (exact) mass is 607 g/mol. The zero-order valence-corrected chi connectivity index (χ0v) is 25.8. The maximum absolute atomic E-state index is 14.3. The fourth-order valence-electron chi connectivity index (χ4n) is 7.16.